The van der Waals surface area contributed by atoms with Gasteiger partial charge in [0.2, 0.25) is 5.91 Å². The maximum atomic E-state index is 10.8. The van der Waals surface area contributed by atoms with E-state index in [1.165, 1.54) is 11.1 Å². The normalized spacial score (nSPS) is 9.86. The fraction of sp³-hybridized carbons (Fsp3) is 0.300. The molecule has 0 aromatic heterocycles. The van der Waals surface area contributed by atoms with Gasteiger partial charge in [-0.3, -0.25) is 10.2 Å². The summed E-state index contributed by atoms with van der Waals surface area (Å²) in [7, 11) is 0. The maximum Gasteiger partial charge on any atom is 0.243 e. The van der Waals surface area contributed by atoms with Gasteiger partial charge in [0.05, 0.1) is 5.75 Å². The highest BCUT2D eigenvalue weighted by atomic mass is 32.2. The molecule has 76 valence electrons. The number of nitrogens with two attached hydrogens (primary N) is 1. The summed E-state index contributed by atoms with van der Waals surface area (Å²) in [6.45, 7) is 2.06. The Morgan fingerprint density at radius 3 is 3.00 bits per heavy atom. The van der Waals surface area contributed by atoms with Gasteiger partial charge in [-0.05, 0) is 12.5 Å². The molecule has 0 radical (unpaired) electrons. The minimum Gasteiger partial charge on any atom is -0.294 e. The second kappa shape index (κ2) is 5.67. The first kappa shape index (κ1) is 11.1. The van der Waals surface area contributed by atoms with Gasteiger partial charge in [-0.2, -0.15) is 0 Å². The van der Waals surface area contributed by atoms with Gasteiger partial charge >= 0.3 is 0 Å². The predicted octanol–water partition coefficient (Wildman–Crippen LogP) is 1.22. The second-order valence-corrected chi connectivity index (χ2v) is 4.03. The van der Waals surface area contributed by atoms with E-state index in [1.807, 2.05) is 6.07 Å². The highest BCUT2D eigenvalue weighted by molar-refractivity contribution is 7.99. The van der Waals surface area contributed by atoms with Gasteiger partial charge in [-0.15, -0.1) is 11.8 Å². The lowest BCUT2D eigenvalue weighted by Gasteiger charge is -2.02. The van der Waals surface area contributed by atoms with Crippen LogP contribution in [0.25, 0.3) is 0 Å². The minimum atomic E-state index is -0.136. The van der Waals surface area contributed by atoms with Crippen LogP contribution in [0.2, 0.25) is 0 Å². The number of carbonyl (C=O) groups is 1. The molecule has 0 bridgehead atoms. The first-order valence-corrected chi connectivity index (χ1v) is 5.50. The molecule has 0 saturated heterocycles. The van der Waals surface area contributed by atoms with Gasteiger partial charge in [0, 0.05) is 5.75 Å². The number of hydrogen-bond acceptors (Lipinski definition) is 3. The summed E-state index contributed by atoms with van der Waals surface area (Å²) in [5, 5.41) is 0. The largest absolute Gasteiger partial charge is 0.294 e. The molecule has 0 atom stereocenters. The summed E-state index contributed by atoms with van der Waals surface area (Å²) in [6.07, 6.45) is 0. The van der Waals surface area contributed by atoms with Crippen LogP contribution >= 0.6 is 11.8 Å². The zero-order valence-corrected chi connectivity index (χ0v) is 8.93. The van der Waals surface area contributed by atoms with E-state index in [4.69, 9.17) is 5.84 Å². The number of aryl methyl sites for hydroxylation is 1. The molecule has 0 aliphatic rings. The number of amides is 1. The maximum absolute atomic E-state index is 10.8. The Balaban J connectivity index is 2.35. The monoisotopic (exact) mass is 210 g/mol. The molecule has 0 heterocycles. The van der Waals surface area contributed by atoms with E-state index >= 15 is 0 Å². The lowest BCUT2D eigenvalue weighted by molar-refractivity contribution is -0.118. The lowest BCUT2D eigenvalue weighted by Crippen LogP contribution is -2.31. The zero-order chi connectivity index (χ0) is 10.4. The van der Waals surface area contributed by atoms with Crippen LogP contribution in [0, 0.1) is 6.92 Å². The molecule has 0 spiro atoms. The molecule has 3 N–H and O–H groups in total. The van der Waals surface area contributed by atoms with Crippen molar-refractivity contribution in [1.82, 2.24) is 5.43 Å². The summed E-state index contributed by atoms with van der Waals surface area (Å²) < 4.78 is 0. The topological polar surface area (TPSA) is 55.1 Å². The van der Waals surface area contributed by atoms with E-state index in [-0.39, 0.29) is 5.91 Å². The summed E-state index contributed by atoms with van der Waals surface area (Å²) >= 11 is 1.56. The smallest absolute Gasteiger partial charge is 0.243 e. The standard InChI is InChI=1S/C10H14N2OS/c1-8-3-2-4-9(5-8)6-14-7-10(13)12-11/h2-5H,6-7,11H2,1H3,(H,12,13). The third kappa shape index (κ3) is 3.81. The van der Waals surface area contributed by atoms with Crippen molar-refractivity contribution < 1.29 is 4.79 Å². The molecule has 4 heteroatoms. The second-order valence-electron chi connectivity index (χ2n) is 3.05. The first-order valence-electron chi connectivity index (χ1n) is 4.35. The Morgan fingerprint density at radius 2 is 2.36 bits per heavy atom. The SMILES string of the molecule is Cc1cccc(CSCC(=O)NN)c1. The predicted molar refractivity (Wildman–Crippen MR) is 59.7 cm³/mol. The zero-order valence-electron chi connectivity index (χ0n) is 8.12. The highest BCUT2D eigenvalue weighted by Gasteiger charge is 1.99. The summed E-state index contributed by atoms with van der Waals surface area (Å²) in [6, 6.07) is 8.25. The minimum absolute atomic E-state index is 0.136. The molecular formula is C10H14N2OS. The molecule has 0 unspecified atom stereocenters. The van der Waals surface area contributed by atoms with Gasteiger partial charge in [-0.25, -0.2) is 5.84 Å². The van der Waals surface area contributed by atoms with Crippen LogP contribution in [0.3, 0.4) is 0 Å². The van der Waals surface area contributed by atoms with E-state index in [2.05, 4.69) is 30.5 Å². The molecular weight excluding hydrogens is 196 g/mol. The molecule has 0 fully saturated rings. The Labute approximate surface area is 88.0 Å². The number of thioether (sulfide) groups is 1. The van der Waals surface area contributed by atoms with Crippen molar-refractivity contribution in [3.8, 4) is 0 Å². The Bertz CT molecular complexity index is 315. The summed E-state index contributed by atoms with van der Waals surface area (Å²) in [5.41, 5.74) is 4.58. The van der Waals surface area contributed by atoms with Crippen LogP contribution < -0.4 is 11.3 Å². The fourth-order valence-corrected chi connectivity index (χ4v) is 1.89. The van der Waals surface area contributed by atoms with Gasteiger partial charge < -0.3 is 0 Å². The van der Waals surface area contributed by atoms with Crippen LogP contribution in [0.4, 0.5) is 0 Å². The van der Waals surface area contributed by atoms with Gasteiger partial charge in [0.25, 0.3) is 0 Å². The van der Waals surface area contributed by atoms with Crippen LogP contribution in [0.5, 0.6) is 0 Å². The molecule has 1 aromatic carbocycles. The van der Waals surface area contributed by atoms with Crippen molar-refractivity contribution >= 4 is 17.7 Å². The van der Waals surface area contributed by atoms with E-state index in [1.54, 1.807) is 11.8 Å². The number of rotatable bonds is 4. The van der Waals surface area contributed by atoms with Gasteiger partial charge in [0.15, 0.2) is 0 Å². The summed E-state index contributed by atoms with van der Waals surface area (Å²) in [5.74, 6) is 6.08. The average Bonchev–Trinajstić information content (AvgIpc) is 2.17. The quantitative estimate of drug-likeness (QED) is 0.446. The van der Waals surface area contributed by atoms with Crippen LogP contribution in [0.15, 0.2) is 24.3 Å². The number of nitrogens with one attached hydrogen (secondary N) is 1. The van der Waals surface area contributed by atoms with Crippen molar-refractivity contribution in [3.63, 3.8) is 0 Å². The Morgan fingerprint density at radius 1 is 1.57 bits per heavy atom. The molecule has 1 aromatic rings. The number of benzene rings is 1. The van der Waals surface area contributed by atoms with E-state index in [9.17, 15) is 4.79 Å². The van der Waals surface area contributed by atoms with Gasteiger partial charge in [0.1, 0.15) is 0 Å². The molecule has 0 saturated carbocycles. The molecule has 1 rings (SSSR count). The van der Waals surface area contributed by atoms with Crippen LogP contribution in [-0.2, 0) is 10.5 Å². The molecule has 3 nitrogen and oxygen atoms in total. The first-order chi connectivity index (χ1) is 6.72. The van der Waals surface area contributed by atoms with Crippen molar-refractivity contribution in [2.24, 2.45) is 5.84 Å². The van der Waals surface area contributed by atoms with Gasteiger partial charge in [-0.1, -0.05) is 29.8 Å². The van der Waals surface area contributed by atoms with Crippen LogP contribution in [0.1, 0.15) is 11.1 Å². The third-order valence-electron chi connectivity index (χ3n) is 1.75. The van der Waals surface area contributed by atoms with E-state index in [0.29, 0.717) is 5.75 Å². The lowest BCUT2D eigenvalue weighted by atomic mass is 10.2. The molecule has 0 aliphatic carbocycles. The number of carbonyl (C=O) groups excluding carboxylic acids is 1. The Hall–Kier alpha value is -1.00. The molecule has 0 aliphatic heterocycles. The number of hydrogen-bond donors (Lipinski definition) is 2. The van der Waals surface area contributed by atoms with Crippen molar-refractivity contribution in [3.05, 3.63) is 35.4 Å². The van der Waals surface area contributed by atoms with Crippen LogP contribution in [-0.4, -0.2) is 11.7 Å². The summed E-state index contributed by atoms with van der Waals surface area (Å²) in [4.78, 5) is 10.8. The van der Waals surface area contributed by atoms with E-state index in [0.717, 1.165) is 5.75 Å². The van der Waals surface area contributed by atoms with Crippen molar-refractivity contribution in [1.29, 1.82) is 0 Å². The number of hydrazine groups is 1. The van der Waals surface area contributed by atoms with E-state index < -0.39 is 0 Å². The molecule has 1 amide bonds. The highest BCUT2D eigenvalue weighted by Crippen LogP contribution is 2.12. The molecule has 14 heavy (non-hydrogen) atoms. The average molecular weight is 210 g/mol. The Kier molecular flexibility index (Phi) is 4.49. The van der Waals surface area contributed by atoms with Crippen molar-refractivity contribution in [2.45, 2.75) is 12.7 Å². The third-order valence-corrected chi connectivity index (χ3v) is 2.75. The fourth-order valence-electron chi connectivity index (χ4n) is 1.11. The van der Waals surface area contributed by atoms with Crippen molar-refractivity contribution in [2.75, 3.05) is 5.75 Å².